The Morgan fingerprint density at radius 1 is 1.15 bits per heavy atom. The molecule has 3 N–H and O–H groups in total. The van der Waals surface area contributed by atoms with Crippen LogP contribution in [0.4, 0.5) is 5.69 Å². The number of aldehydes is 1. The van der Waals surface area contributed by atoms with Crippen LogP contribution < -0.4 is 11.1 Å². The molecule has 3 aromatic carbocycles. The van der Waals surface area contributed by atoms with Crippen molar-refractivity contribution in [1.29, 1.82) is 0 Å². The predicted octanol–water partition coefficient (Wildman–Crippen LogP) is 4.50. The van der Waals surface area contributed by atoms with Gasteiger partial charge in [0.1, 0.15) is 0 Å². The Hall–Kier alpha value is -2.98. The van der Waals surface area contributed by atoms with Gasteiger partial charge in [-0.1, -0.05) is 49.4 Å². The number of benzene rings is 3. The number of amides is 1. The highest BCUT2D eigenvalue weighted by atomic mass is 16.1. The zero-order valence-electron chi connectivity index (χ0n) is 15.2. The Labute approximate surface area is 158 Å². The van der Waals surface area contributed by atoms with Gasteiger partial charge in [0.25, 0.3) is 5.91 Å². The van der Waals surface area contributed by atoms with E-state index in [1.807, 2.05) is 54.6 Å². The molecule has 1 aliphatic carbocycles. The van der Waals surface area contributed by atoms with Crippen LogP contribution >= 0.6 is 0 Å². The summed E-state index contributed by atoms with van der Waals surface area (Å²) in [4.78, 5) is 24.4. The first-order chi connectivity index (χ1) is 13.1. The lowest BCUT2D eigenvalue weighted by Crippen LogP contribution is -2.22. The average molecular weight is 358 g/mol. The summed E-state index contributed by atoms with van der Waals surface area (Å²) in [5.41, 5.74) is 8.91. The van der Waals surface area contributed by atoms with E-state index in [-0.39, 0.29) is 11.4 Å². The molecule has 0 aromatic heterocycles. The van der Waals surface area contributed by atoms with Gasteiger partial charge in [0.2, 0.25) is 0 Å². The van der Waals surface area contributed by atoms with Gasteiger partial charge in [-0.05, 0) is 47.4 Å². The van der Waals surface area contributed by atoms with Crippen LogP contribution in [0, 0.1) is 0 Å². The van der Waals surface area contributed by atoms with Crippen LogP contribution in [0.3, 0.4) is 0 Å². The second-order valence-electron chi connectivity index (χ2n) is 7.29. The Morgan fingerprint density at radius 3 is 2.56 bits per heavy atom. The summed E-state index contributed by atoms with van der Waals surface area (Å²) in [6.07, 6.45) is 2.72. The molecule has 2 unspecified atom stereocenters. The predicted molar refractivity (Wildman–Crippen MR) is 108 cm³/mol. The second kappa shape index (κ2) is 6.63. The third-order valence-corrected chi connectivity index (χ3v) is 5.68. The highest BCUT2D eigenvalue weighted by Gasteiger charge is 2.49. The number of rotatable bonds is 5. The van der Waals surface area contributed by atoms with Gasteiger partial charge in [-0.3, -0.25) is 9.59 Å². The number of hydrogen-bond donors (Lipinski definition) is 2. The van der Waals surface area contributed by atoms with Gasteiger partial charge in [-0.25, -0.2) is 0 Å². The molecule has 1 fully saturated rings. The van der Waals surface area contributed by atoms with Crippen LogP contribution in [-0.2, 0) is 0 Å². The molecule has 0 aliphatic heterocycles. The van der Waals surface area contributed by atoms with E-state index in [1.54, 1.807) is 6.07 Å². The van der Waals surface area contributed by atoms with Crippen LogP contribution in [0.5, 0.6) is 0 Å². The second-order valence-corrected chi connectivity index (χ2v) is 7.29. The van der Waals surface area contributed by atoms with Crippen molar-refractivity contribution in [2.45, 2.75) is 31.2 Å². The molecule has 0 saturated heterocycles. The number of hydrogen-bond acceptors (Lipinski definition) is 3. The minimum Gasteiger partial charge on any atom is -0.325 e. The van der Waals surface area contributed by atoms with Crippen molar-refractivity contribution < 1.29 is 9.59 Å². The molecule has 0 heterocycles. The molecule has 0 spiro atoms. The van der Waals surface area contributed by atoms with E-state index >= 15 is 0 Å². The zero-order valence-corrected chi connectivity index (χ0v) is 15.2. The molecule has 0 radical (unpaired) electrons. The van der Waals surface area contributed by atoms with Crippen molar-refractivity contribution in [3.05, 3.63) is 77.4 Å². The van der Waals surface area contributed by atoms with Gasteiger partial charge < -0.3 is 11.1 Å². The van der Waals surface area contributed by atoms with Crippen LogP contribution in [0.15, 0.2) is 60.7 Å². The Bertz CT molecular complexity index is 1030. The van der Waals surface area contributed by atoms with E-state index in [9.17, 15) is 9.59 Å². The Kier molecular flexibility index (Phi) is 4.28. The largest absolute Gasteiger partial charge is 0.325 e. The summed E-state index contributed by atoms with van der Waals surface area (Å²) >= 11 is 0. The summed E-state index contributed by atoms with van der Waals surface area (Å²) in [5, 5.41) is 4.61. The maximum atomic E-state index is 12.7. The van der Waals surface area contributed by atoms with Crippen molar-refractivity contribution in [2.75, 3.05) is 5.32 Å². The average Bonchev–Trinajstić information content (AvgIpc) is 3.39. The normalized spacial score (nSPS) is 21.0. The fraction of sp³-hybridized carbons (Fsp3) is 0.217. The lowest BCUT2D eigenvalue weighted by atomic mass is 9.99. The van der Waals surface area contributed by atoms with E-state index in [1.165, 1.54) is 5.56 Å². The molecule has 4 heteroatoms. The highest BCUT2D eigenvalue weighted by Crippen LogP contribution is 2.51. The molecule has 136 valence electrons. The molecule has 1 aliphatic rings. The molecule has 4 rings (SSSR count). The molecular formula is C23H22N2O2. The number of nitrogens with two attached hydrogens (primary N) is 1. The van der Waals surface area contributed by atoms with Gasteiger partial charge >= 0.3 is 0 Å². The van der Waals surface area contributed by atoms with E-state index in [0.29, 0.717) is 22.7 Å². The lowest BCUT2D eigenvalue weighted by Gasteiger charge is -2.11. The molecular weight excluding hydrogens is 336 g/mol. The fourth-order valence-corrected chi connectivity index (χ4v) is 3.78. The quantitative estimate of drug-likeness (QED) is 0.660. The first kappa shape index (κ1) is 17.4. The first-order valence-electron chi connectivity index (χ1n) is 9.23. The third-order valence-electron chi connectivity index (χ3n) is 5.68. The standard InChI is InChI=1S/C23H22N2O2/c1-2-23(24)13-21(23)16-7-10-17(11-8-16)25-22(27)19-12-9-15-5-3-4-6-18(15)20(19)14-26/h3-12,14,21H,2,13,24H2,1H3,(H,25,27). The molecule has 0 bridgehead atoms. The van der Waals surface area contributed by atoms with Crippen molar-refractivity contribution in [3.8, 4) is 0 Å². The zero-order chi connectivity index (χ0) is 19.0. The number of anilines is 1. The smallest absolute Gasteiger partial charge is 0.256 e. The number of carbonyl (C=O) groups is 2. The monoisotopic (exact) mass is 358 g/mol. The first-order valence-corrected chi connectivity index (χ1v) is 9.23. The maximum absolute atomic E-state index is 12.7. The van der Waals surface area contributed by atoms with E-state index in [2.05, 4.69) is 12.2 Å². The van der Waals surface area contributed by atoms with Crippen molar-refractivity contribution in [3.63, 3.8) is 0 Å². The molecule has 3 aromatic rings. The molecule has 2 atom stereocenters. The number of fused-ring (bicyclic) bond motifs is 1. The van der Waals surface area contributed by atoms with E-state index in [4.69, 9.17) is 5.73 Å². The van der Waals surface area contributed by atoms with Crippen LogP contribution in [0.2, 0.25) is 0 Å². The van der Waals surface area contributed by atoms with Gasteiger partial charge in [0.15, 0.2) is 6.29 Å². The van der Waals surface area contributed by atoms with Crippen LogP contribution in [-0.4, -0.2) is 17.7 Å². The van der Waals surface area contributed by atoms with E-state index in [0.717, 1.165) is 29.9 Å². The SMILES string of the molecule is CCC1(N)CC1c1ccc(NC(=O)c2ccc3ccccc3c2C=O)cc1. The fourth-order valence-electron chi connectivity index (χ4n) is 3.78. The van der Waals surface area contributed by atoms with Gasteiger partial charge in [0, 0.05) is 22.7 Å². The van der Waals surface area contributed by atoms with Crippen LogP contribution in [0.25, 0.3) is 10.8 Å². The lowest BCUT2D eigenvalue weighted by molar-refractivity contribution is 0.101. The van der Waals surface area contributed by atoms with Gasteiger partial charge in [-0.15, -0.1) is 0 Å². The molecule has 27 heavy (non-hydrogen) atoms. The Morgan fingerprint density at radius 2 is 1.89 bits per heavy atom. The molecule has 1 amide bonds. The van der Waals surface area contributed by atoms with Gasteiger partial charge in [-0.2, -0.15) is 0 Å². The maximum Gasteiger partial charge on any atom is 0.256 e. The highest BCUT2D eigenvalue weighted by molar-refractivity contribution is 6.14. The topological polar surface area (TPSA) is 72.2 Å². The molecule has 1 saturated carbocycles. The van der Waals surface area contributed by atoms with Gasteiger partial charge in [0.05, 0.1) is 5.56 Å². The van der Waals surface area contributed by atoms with Crippen molar-refractivity contribution >= 4 is 28.7 Å². The summed E-state index contributed by atoms with van der Waals surface area (Å²) in [5.74, 6) is 0.109. The number of nitrogens with one attached hydrogen (secondary N) is 1. The van der Waals surface area contributed by atoms with Crippen molar-refractivity contribution in [1.82, 2.24) is 0 Å². The summed E-state index contributed by atoms with van der Waals surface area (Å²) in [7, 11) is 0. The van der Waals surface area contributed by atoms with Crippen molar-refractivity contribution in [2.24, 2.45) is 5.73 Å². The van der Waals surface area contributed by atoms with E-state index < -0.39 is 0 Å². The molecule has 4 nitrogen and oxygen atoms in total. The summed E-state index contributed by atoms with van der Waals surface area (Å²) in [6.45, 7) is 2.11. The Balaban J connectivity index is 1.56. The van der Waals surface area contributed by atoms with Crippen LogP contribution in [0.1, 0.15) is 52.0 Å². The summed E-state index contributed by atoms with van der Waals surface area (Å²) < 4.78 is 0. The number of carbonyl (C=O) groups excluding carboxylic acids is 2. The minimum atomic E-state index is -0.288. The minimum absolute atomic E-state index is 0.0747. The third kappa shape index (κ3) is 3.13. The summed E-state index contributed by atoms with van der Waals surface area (Å²) in [6, 6.07) is 18.9.